The summed E-state index contributed by atoms with van der Waals surface area (Å²) >= 11 is 0. The van der Waals surface area contributed by atoms with Crippen molar-refractivity contribution in [1.29, 1.82) is 5.41 Å². The van der Waals surface area contributed by atoms with Crippen molar-refractivity contribution in [3.63, 3.8) is 0 Å². The summed E-state index contributed by atoms with van der Waals surface area (Å²) in [4.78, 5) is 14.3. The van der Waals surface area contributed by atoms with Crippen LogP contribution in [-0.4, -0.2) is 53.7 Å². The molecule has 0 aliphatic carbocycles. The number of amides is 1. The molecule has 0 bridgehead atoms. The number of hydrogen-bond acceptors (Lipinski definition) is 4. The van der Waals surface area contributed by atoms with Crippen LogP contribution in [0.25, 0.3) is 0 Å². The third kappa shape index (κ3) is 3.23. The summed E-state index contributed by atoms with van der Waals surface area (Å²) in [6.45, 7) is 8.25. The average Bonchev–Trinajstić information content (AvgIpc) is 2.54. The molecule has 2 rings (SSSR count). The van der Waals surface area contributed by atoms with Crippen LogP contribution in [-0.2, 0) is 4.79 Å². The summed E-state index contributed by atoms with van der Waals surface area (Å²) in [5.74, 6) is 1.00. The molecule has 0 saturated carbocycles. The van der Waals surface area contributed by atoms with Crippen molar-refractivity contribution in [3.05, 3.63) is 0 Å². The van der Waals surface area contributed by atoms with E-state index < -0.39 is 0 Å². The first-order valence-electron chi connectivity index (χ1n) is 7.65. The lowest BCUT2D eigenvalue weighted by Crippen LogP contribution is -2.40. The normalized spacial score (nSPS) is 29.4. The maximum atomic E-state index is 12.6. The number of rotatable bonds is 4. The Hall–Kier alpha value is -0.875. The van der Waals surface area contributed by atoms with Crippen LogP contribution in [0.4, 0.5) is 0 Å². The first-order valence-corrected chi connectivity index (χ1v) is 7.65. The van der Waals surface area contributed by atoms with Crippen molar-refractivity contribution < 1.29 is 10.0 Å². The molecule has 1 unspecified atom stereocenters. The highest BCUT2D eigenvalue weighted by Gasteiger charge is 2.47. The average molecular weight is 279 g/mol. The van der Waals surface area contributed by atoms with Gasteiger partial charge in [0, 0.05) is 24.9 Å². The van der Waals surface area contributed by atoms with E-state index in [0.717, 1.165) is 19.3 Å². The van der Waals surface area contributed by atoms with E-state index in [1.807, 2.05) is 6.92 Å². The van der Waals surface area contributed by atoms with E-state index >= 15 is 0 Å². The second-order valence-electron chi connectivity index (χ2n) is 7.09. The van der Waals surface area contributed by atoms with Crippen LogP contribution in [0.2, 0.25) is 5.31 Å². The monoisotopic (exact) mass is 279 g/mol. The van der Waals surface area contributed by atoms with E-state index in [2.05, 4.69) is 13.8 Å². The van der Waals surface area contributed by atoms with Gasteiger partial charge in [-0.1, -0.05) is 20.8 Å². The van der Waals surface area contributed by atoms with Crippen LogP contribution >= 0.6 is 0 Å². The van der Waals surface area contributed by atoms with E-state index in [9.17, 15) is 10.0 Å². The Balaban J connectivity index is 1.98. The van der Waals surface area contributed by atoms with E-state index in [-0.39, 0.29) is 11.2 Å². The highest BCUT2D eigenvalue weighted by molar-refractivity contribution is 6.83. The molecule has 0 spiro atoms. The van der Waals surface area contributed by atoms with Crippen LogP contribution in [0, 0.1) is 17.2 Å². The van der Waals surface area contributed by atoms with Crippen LogP contribution < -0.4 is 0 Å². The molecule has 0 radical (unpaired) electrons. The molecule has 0 aromatic rings. The van der Waals surface area contributed by atoms with Gasteiger partial charge >= 0.3 is 0 Å². The highest BCUT2D eigenvalue weighted by Crippen LogP contribution is 2.40. The molecule has 2 fully saturated rings. The molecule has 0 aromatic heterocycles. The Bertz CT molecular complexity index is 394. The Morgan fingerprint density at radius 3 is 2.60 bits per heavy atom. The summed E-state index contributed by atoms with van der Waals surface area (Å²) < 4.78 is 0. The molecule has 2 heterocycles. The van der Waals surface area contributed by atoms with Crippen molar-refractivity contribution in [1.82, 2.24) is 9.96 Å². The van der Waals surface area contributed by atoms with Gasteiger partial charge in [0.2, 0.25) is 13.2 Å². The Labute approximate surface area is 122 Å². The van der Waals surface area contributed by atoms with Gasteiger partial charge in [-0.2, -0.15) is 5.06 Å². The lowest BCUT2D eigenvalue weighted by Gasteiger charge is -2.31. The van der Waals surface area contributed by atoms with Crippen LogP contribution in [0.15, 0.2) is 0 Å². The van der Waals surface area contributed by atoms with E-state index in [4.69, 9.17) is 5.41 Å². The second-order valence-corrected chi connectivity index (χ2v) is 7.09. The molecular weight excluding hydrogens is 253 g/mol. The standard InChI is InChI=1S/C14H26BN3O2/c1-10(2)8-14(3)12(19)18(13(16)15-14)9-11-4-6-17(20)7-5-11/h10-11,15-16,20H,4-9H2,1-3H3. The Morgan fingerprint density at radius 1 is 1.45 bits per heavy atom. The van der Waals surface area contributed by atoms with Crippen molar-refractivity contribution in [2.24, 2.45) is 11.8 Å². The summed E-state index contributed by atoms with van der Waals surface area (Å²) in [6.07, 6.45) is 2.64. The molecule has 20 heavy (non-hydrogen) atoms. The molecule has 1 amide bonds. The van der Waals surface area contributed by atoms with E-state index in [1.165, 1.54) is 5.06 Å². The molecule has 0 aromatic carbocycles. The SMILES string of the molecule is CC(C)CC1(C)BC(=N)N(CC2CCN(O)CC2)C1=O. The number of hydroxylamine groups is 2. The number of carbonyl (C=O) groups excluding carboxylic acids is 1. The molecule has 2 saturated heterocycles. The Kier molecular flexibility index (Phi) is 4.54. The molecule has 5 nitrogen and oxygen atoms in total. The number of carbonyl (C=O) groups is 1. The van der Waals surface area contributed by atoms with Gasteiger partial charge in [-0.25, -0.2) is 0 Å². The minimum absolute atomic E-state index is 0.127. The lowest BCUT2D eigenvalue weighted by atomic mass is 9.52. The predicted molar refractivity (Wildman–Crippen MR) is 80.5 cm³/mol. The summed E-state index contributed by atoms with van der Waals surface area (Å²) in [5.41, 5.74) is 0.476. The number of hydrogen-bond donors (Lipinski definition) is 2. The highest BCUT2D eigenvalue weighted by atomic mass is 16.5. The third-order valence-electron chi connectivity index (χ3n) is 4.54. The first kappa shape index (κ1) is 15.5. The fraction of sp³-hybridized carbons (Fsp3) is 0.857. The van der Waals surface area contributed by atoms with Gasteiger partial charge in [0.15, 0.2) is 0 Å². The van der Waals surface area contributed by atoms with Crippen molar-refractivity contribution in [2.45, 2.75) is 45.3 Å². The largest absolute Gasteiger partial charge is 0.314 e. The predicted octanol–water partition coefficient (Wildman–Crippen LogP) is 1.53. The fourth-order valence-electron chi connectivity index (χ4n) is 3.60. The van der Waals surface area contributed by atoms with Crippen LogP contribution in [0.5, 0.6) is 0 Å². The zero-order chi connectivity index (χ0) is 14.9. The Morgan fingerprint density at radius 2 is 2.05 bits per heavy atom. The number of piperidine rings is 1. The molecule has 2 aliphatic heterocycles. The molecule has 1 atom stereocenters. The van der Waals surface area contributed by atoms with Gasteiger partial charge in [0.25, 0.3) is 0 Å². The number of amidine groups is 1. The first-order chi connectivity index (χ1) is 9.32. The van der Waals surface area contributed by atoms with Gasteiger partial charge in [0.05, 0.1) is 5.73 Å². The number of nitrogens with zero attached hydrogens (tertiary/aromatic N) is 2. The summed E-state index contributed by atoms with van der Waals surface area (Å²) in [7, 11) is 0.572. The van der Waals surface area contributed by atoms with Crippen molar-refractivity contribution in [3.8, 4) is 0 Å². The lowest BCUT2D eigenvalue weighted by molar-refractivity contribution is -0.131. The van der Waals surface area contributed by atoms with Crippen molar-refractivity contribution >= 4 is 18.9 Å². The molecule has 2 N–H and O–H groups in total. The maximum Gasteiger partial charge on any atom is 0.226 e. The summed E-state index contributed by atoms with van der Waals surface area (Å²) in [5, 5.41) is 18.5. The van der Waals surface area contributed by atoms with Gasteiger partial charge in [-0.15, -0.1) is 0 Å². The zero-order valence-corrected chi connectivity index (χ0v) is 12.9. The van der Waals surface area contributed by atoms with Crippen LogP contribution in [0.3, 0.4) is 0 Å². The minimum atomic E-state index is -0.386. The van der Waals surface area contributed by atoms with E-state index in [0.29, 0.717) is 44.5 Å². The van der Waals surface area contributed by atoms with E-state index in [1.54, 1.807) is 4.90 Å². The number of nitrogens with one attached hydrogen (secondary N) is 1. The van der Waals surface area contributed by atoms with Gasteiger partial charge in [0.1, 0.15) is 0 Å². The maximum absolute atomic E-state index is 12.6. The molecule has 6 heteroatoms. The smallest absolute Gasteiger partial charge is 0.226 e. The summed E-state index contributed by atoms with van der Waals surface area (Å²) in [6, 6.07) is 0. The quantitative estimate of drug-likeness (QED) is 0.767. The van der Waals surface area contributed by atoms with Crippen LogP contribution in [0.1, 0.15) is 40.0 Å². The van der Waals surface area contributed by atoms with Gasteiger partial charge in [-0.05, 0) is 31.1 Å². The zero-order valence-electron chi connectivity index (χ0n) is 12.9. The van der Waals surface area contributed by atoms with Crippen molar-refractivity contribution in [2.75, 3.05) is 19.6 Å². The van der Waals surface area contributed by atoms with Gasteiger partial charge in [-0.3, -0.25) is 10.2 Å². The minimum Gasteiger partial charge on any atom is -0.314 e. The second kappa shape index (κ2) is 5.86. The molecule has 112 valence electrons. The van der Waals surface area contributed by atoms with Gasteiger partial charge < -0.3 is 10.1 Å². The topological polar surface area (TPSA) is 67.6 Å². The fourth-order valence-corrected chi connectivity index (χ4v) is 3.60. The third-order valence-corrected chi connectivity index (χ3v) is 4.54. The molecule has 2 aliphatic rings. The molecular formula is C14H26BN3O2.